The minimum atomic E-state index is -0.520. The van der Waals surface area contributed by atoms with E-state index in [1.807, 2.05) is 42.5 Å². The van der Waals surface area contributed by atoms with Crippen molar-refractivity contribution in [3.63, 3.8) is 0 Å². The number of nitrogens with two attached hydrogens (primary N) is 1. The number of carbonyl (C=O) groups is 1. The molecule has 3 aromatic rings. The number of hydrogen-bond acceptors (Lipinski definition) is 7. The first-order valence-corrected chi connectivity index (χ1v) is 9.54. The maximum atomic E-state index is 13.1. The molecule has 0 radical (unpaired) electrons. The van der Waals surface area contributed by atoms with Crippen LogP contribution in [0.3, 0.4) is 0 Å². The summed E-state index contributed by atoms with van der Waals surface area (Å²) in [5.41, 5.74) is 9.60. The summed E-state index contributed by atoms with van der Waals surface area (Å²) in [5, 5.41) is 3.26. The lowest BCUT2D eigenvalue weighted by Crippen LogP contribution is -2.27. The molecular weight excluding hydrogens is 386 g/mol. The molecule has 4 rings (SSSR count). The van der Waals surface area contributed by atoms with Crippen LogP contribution in [0.25, 0.3) is 5.70 Å². The Labute approximate surface area is 172 Å². The minimum Gasteiger partial charge on any atom is -0.463 e. The number of ether oxygens (including phenoxy) is 1. The van der Waals surface area contributed by atoms with Crippen LogP contribution in [0.2, 0.25) is 0 Å². The van der Waals surface area contributed by atoms with Crippen molar-refractivity contribution in [1.82, 2.24) is 15.0 Å². The second kappa shape index (κ2) is 7.84. The van der Waals surface area contributed by atoms with Crippen LogP contribution in [-0.4, -0.2) is 27.5 Å². The molecule has 0 aliphatic carbocycles. The van der Waals surface area contributed by atoms with Crippen LogP contribution in [0.15, 0.2) is 60.4 Å². The van der Waals surface area contributed by atoms with E-state index in [9.17, 15) is 4.79 Å². The van der Waals surface area contributed by atoms with Crippen LogP contribution in [0.5, 0.6) is 0 Å². The Balaban J connectivity index is 2.05. The molecule has 1 unspecified atom stereocenters. The predicted octanol–water partition coefficient (Wildman–Crippen LogP) is 3.65. The van der Waals surface area contributed by atoms with Crippen molar-refractivity contribution in [1.29, 1.82) is 0 Å². The monoisotopic (exact) mass is 405 g/mol. The highest BCUT2D eigenvalue weighted by Gasteiger charge is 2.37. The van der Waals surface area contributed by atoms with E-state index in [-0.39, 0.29) is 11.4 Å². The molecule has 2 aromatic heterocycles. The summed E-state index contributed by atoms with van der Waals surface area (Å²) < 4.78 is 5.67. The molecule has 29 heavy (non-hydrogen) atoms. The van der Waals surface area contributed by atoms with Gasteiger partial charge >= 0.3 is 5.97 Å². The summed E-state index contributed by atoms with van der Waals surface area (Å²) in [5.74, 6) is -0.101. The van der Waals surface area contributed by atoms with Gasteiger partial charge in [0, 0.05) is 18.0 Å². The SMILES string of the molecule is CCOC(=O)C1=C(c2ccccc2)Nc2nc(=S)[nH]c(N)c2C1c1cccnc1. The van der Waals surface area contributed by atoms with Gasteiger partial charge in [-0.25, -0.2) is 9.78 Å². The van der Waals surface area contributed by atoms with Crippen LogP contribution >= 0.6 is 12.2 Å². The minimum absolute atomic E-state index is 0.252. The van der Waals surface area contributed by atoms with Gasteiger partial charge in [0.25, 0.3) is 0 Å². The van der Waals surface area contributed by atoms with Crippen molar-refractivity contribution >= 4 is 35.5 Å². The van der Waals surface area contributed by atoms with E-state index >= 15 is 0 Å². The summed E-state index contributed by atoms with van der Waals surface area (Å²) in [7, 11) is 0. The zero-order valence-electron chi connectivity index (χ0n) is 15.7. The number of carbonyl (C=O) groups excluding carboxylic acids is 1. The van der Waals surface area contributed by atoms with Crippen molar-refractivity contribution in [2.75, 3.05) is 17.7 Å². The molecule has 0 saturated carbocycles. The third kappa shape index (κ3) is 3.50. The van der Waals surface area contributed by atoms with Crippen LogP contribution < -0.4 is 11.1 Å². The Morgan fingerprint density at radius 2 is 2.03 bits per heavy atom. The molecule has 0 amide bonds. The first kappa shape index (κ1) is 18.8. The summed E-state index contributed by atoms with van der Waals surface area (Å²) in [6, 6.07) is 13.3. The number of fused-ring (bicyclic) bond motifs is 1. The predicted molar refractivity (Wildman–Crippen MR) is 114 cm³/mol. The topological polar surface area (TPSA) is 106 Å². The highest BCUT2D eigenvalue weighted by molar-refractivity contribution is 7.71. The zero-order chi connectivity index (χ0) is 20.4. The molecule has 8 heteroatoms. The number of rotatable bonds is 4. The molecule has 0 spiro atoms. The van der Waals surface area contributed by atoms with E-state index in [1.54, 1.807) is 19.3 Å². The van der Waals surface area contributed by atoms with Crippen molar-refractivity contribution < 1.29 is 9.53 Å². The van der Waals surface area contributed by atoms with Crippen LogP contribution in [0.4, 0.5) is 11.6 Å². The van der Waals surface area contributed by atoms with E-state index < -0.39 is 11.9 Å². The number of aromatic nitrogens is 3. The first-order valence-electron chi connectivity index (χ1n) is 9.13. The fourth-order valence-electron chi connectivity index (χ4n) is 3.50. The van der Waals surface area contributed by atoms with Crippen LogP contribution in [0.1, 0.15) is 29.5 Å². The van der Waals surface area contributed by atoms with Crippen LogP contribution in [-0.2, 0) is 9.53 Å². The number of pyridine rings is 1. The number of nitrogens with one attached hydrogen (secondary N) is 2. The van der Waals surface area contributed by atoms with Gasteiger partial charge in [0.2, 0.25) is 0 Å². The van der Waals surface area contributed by atoms with E-state index in [4.69, 9.17) is 22.7 Å². The second-order valence-corrected chi connectivity index (χ2v) is 6.82. The highest BCUT2D eigenvalue weighted by atomic mass is 32.1. The van der Waals surface area contributed by atoms with Crippen molar-refractivity contribution in [2.45, 2.75) is 12.8 Å². The molecule has 3 heterocycles. The van der Waals surface area contributed by atoms with Gasteiger partial charge in [0.05, 0.1) is 23.8 Å². The number of benzene rings is 1. The number of esters is 1. The smallest absolute Gasteiger partial charge is 0.337 e. The molecule has 4 N–H and O–H groups in total. The van der Waals surface area contributed by atoms with E-state index in [0.717, 1.165) is 11.1 Å². The molecule has 0 saturated heterocycles. The Bertz CT molecular complexity index is 1140. The Morgan fingerprint density at radius 1 is 1.24 bits per heavy atom. The number of aromatic amines is 1. The van der Waals surface area contributed by atoms with E-state index in [0.29, 0.717) is 28.5 Å². The molecule has 0 fully saturated rings. The van der Waals surface area contributed by atoms with Crippen molar-refractivity contribution in [3.05, 3.63) is 81.9 Å². The van der Waals surface area contributed by atoms with E-state index in [2.05, 4.69) is 20.3 Å². The number of nitrogen functional groups attached to an aromatic ring is 1. The maximum absolute atomic E-state index is 13.1. The van der Waals surface area contributed by atoms with Gasteiger partial charge < -0.3 is 20.8 Å². The van der Waals surface area contributed by atoms with Crippen molar-refractivity contribution in [2.24, 2.45) is 0 Å². The fraction of sp³-hybridized carbons (Fsp3) is 0.143. The fourth-order valence-corrected chi connectivity index (χ4v) is 3.70. The van der Waals surface area contributed by atoms with Gasteiger partial charge in [-0.2, -0.15) is 0 Å². The lowest BCUT2D eigenvalue weighted by molar-refractivity contribution is -0.138. The largest absolute Gasteiger partial charge is 0.463 e. The Morgan fingerprint density at radius 3 is 2.72 bits per heavy atom. The summed E-state index contributed by atoms with van der Waals surface area (Å²) in [6.45, 7) is 2.03. The third-order valence-corrected chi connectivity index (χ3v) is 4.86. The molecule has 1 atom stereocenters. The molecule has 1 aliphatic heterocycles. The molecule has 0 bridgehead atoms. The van der Waals surface area contributed by atoms with Gasteiger partial charge in [-0.15, -0.1) is 0 Å². The zero-order valence-corrected chi connectivity index (χ0v) is 16.5. The molecule has 146 valence electrons. The maximum Gasteiger partial charge on any atom is 0.337 e. The quantitative estimate of drug-likeness (QED) is 0.449. The first-order chi connectivity index (χ1) is 14.1. The Kier molecular flexibility index (Phi) is 5.09. The Hall–Kier alpha value is -3.52. The second-order valence-electron chi connectivity index (χ2n) is 6.44. The standard InChI is InChI=1S/C21H19N5O2S/c1-2-28-20(27)15-14(13-9-6-10-23-11-13)16-18(22)25-21(29)26-19(16)24-17(15)12-7-4-3-5-8-12/h3-11,14H,2H2,1H3,(H4,22,24,25,26,29). The van der Waals surface area contributed by atoms with Gasteiger partial charge in [-0.05, 0) is 36.3 Å². The molecule has 1 aromatic carbocycles. The number of nitrogens with zero attached hydrogens (tertiary/aromatic N) is 2. The third-order valence-electron chi connectivity index (χ3n) is 4.67. The lowest BCUT2D eigenvalue weighted by atomic mass is 9.81. The molecular formula is C21H19N5O2S. The van der Waals surface area contributed by atoms with Gasteiger partial charge in [0.1, 0.15) is 11.6 Å². The van der Waals surface area contributed by atoms with Gasteiger partial charge in [-0.3, -0.25) is 4.98 Å². The number of H-pyrrole nitrogens is 1. The van der Waals surface area contributed by atoms with E-state index in [1.165, 1.54) is 0 Å². The van der Waals surface area contributed by atoms with Crippen molar-refractivity contribution in [3.8, 4) is 0 Å². The summed E-state index contributed by atoms with van der Waals surface area (Å²) in [6.07, 6.45) is 3.39. The molecule has 7 nitrogen and oxygen atoms in total. The summed E-state index contributed by atoms with van der Waals surface area (Å²) >= 11 is 5.21. The number of hydrogen-bond donors (Lipinski definition) is 3. The number of anilines is 2. The average molecular weight is 405 g/mol. The molecule has 1 aliphatic rings. The highest BCUT2D eigenvalue weighted by Crippen LogP contribution is 2.45. The van der Waals surface area contributed by atoms with Gasteiger partial charge in [0.15, 0.2) is 4.77 Å². The average Bonchev–Trinajstić information content (AvgIpc) is 2.73. The van der Waals surface area contributed by atoms with Gasteiger partial charge in [-0.1, -0.05) is 36.4 Å². The summed E-state index contributed by atoms with van der Waals surface area (Å²) in [4.78, 5) is 24.7. The van der Waals surface area contributed by atoms with Crippen LogP contribution in [0, 0.1) is 4.77 Å². The lowest BCUT2D eigenvalue weighted by Gasteiger charge is -2.31. The normalized spacial score (nSPS) is 15.4.